The number of hydrogen-bond acceptors (Lipinski definition) is 6. The highest BCUT2D eigenvalue weighted by Gasteiger charge is 2.32. The van der Waals surface area contributed by atoms with Crippen LogP contribution in [-0.4, -0.2) is 61.0 Å². The van der Waals surface area contributed by atoms with Gasteiger partial charge in [0, 0.05) is 56.2 Å². The van der Waals surface area contributed by atoms with Crippen LogP contribution >= 0.6 is 0 Å². The molecule has 10 heteroatoms. The zero-order valence-electron chi connectivity index (χ0n) is 21.9. The van der Waals surface area contributed by atoms with Crippen LogP contribution in [0.15, 0.2) is 60.8 Å². The third-order valence-corrected chi connectivity index (χ3v) is 7.02. The molecule has 5 rings (SSSR count). The Morgan fingerprint density at radius 1 is 0.974 bits per heavy atom. The first-order valence-corrected chi connectivity index (χ1v) is 12.6. The molecule has 2 N–H and O–H groups in total. The third kappa shape index (κ3) is 5.65. The van der Waals surface area contributed by atoms with Gasteiger partial charge in [-0.25, -0.2) is 9.97 Å². The first-order chi connectivity index (χ1) is 18.6. The lowest BCUT2D eigenvalue weighted by Crippen LogP contribution is -2.45. The zero-order chi connectivity index (χ0) is 27.7. The topological polar surface area (TPSA) is 73.4 Å². The molecule has 1 amide bonds. The number of aromatic nitrogens is 2. The van der Waals surface area contributed by atoms with E-state index >= 15 is 0 Å². The summed E-state index contributed by atoms with van der Waals surface area (Å²) < 4.78 is 40.7. The minimum atomic E-state index is -4.56. The van der Waals surface area contributed by atoms with Crippen molar-refractivity contribution in [3.63, 3.8) is 0 Å². The number of anilines is 3. The summed E-state index contributed by atoms with van der Waals surface area (Å²) in [5, 5.41) is 6.62. The SMILES string of the molecule is CNc1ncc2cc(-c3cc(NC(=O)c4cc(C(F)(F)F)ccc4N4CCN(C)CC4)ccc3C)ccc2n1. The number of piperazine rings is 1. The number of carbonyl (C=O) groups is 1. The van der Waals surface area contributed by atoms with Crippen molar-refractivity contribution < 1.29 is 18.0 Å². The van der Waals surface area contributed by atoms with Gasteiger partial charge in [0.1, 0.15) is 0 Å². The van der Waals surface area contributed by atoms with Crippen LogP contribution in [0.3, 0.4) is 0 Å². The zero-order valence-corrected chi connectivity index (χ0v) is 21.9. The number of nitrogens with zero attached hydrogens (tertiary/aromatic N) is 4. The van der Waals surface area contributed by atoms with E-state index < -0.39 is 17.6 Å². The second kappa shape index (κ2) is 10.5. The molecule has 1 aliphatic heterocycles. The summed E-state index contributed by atoms with van der Waals surface area (Å²) in [4.78, 5) is 26.3. The van der Waals surface area contributed by atoms with E-state index in [1.165, 1.54) is 6.07 Å². The van der Waals surface area contributed by atoms with E-state index in [1.807, 2.05) is 49.2 Å². The summed E-state index contributed by atoms with van der Waals surface area (Å²) in [5.41, 5.74) is 3.71. The Balaban J connectivity index is 1.47. The summed E-state index contributed by atoms with van der Waals surface area (Å²) >= 11 is 0. The summed E-state index contributed by atoms with van der Waals surface area (Å²) in [6.45, 7) is 4.73. The Bertz CT molecular complexity index is 1530. The molecule has 0 spiro atoms. The minimum absolute atomic E-state index is 0.000283. The van der Waals surface area contributed by atoms with Gasteiger partial charge in [0.25, 0.3) is 5.91 Å². The molecule has 1 aromatic heterocycles. The molecule has 0 atom stereocenters. The van der Waals surface area contributed by atoms with Crippen LogP contribution in [0.2, 0.25) is 0 Å². The third-order valence-electron chi connectivity index (χ3n) is 7.02. The van der Waals surface area contributed by atoms with Crippen LogP contribution in [0.5, 0.6) is 0 Å². The Hall–Kier alpha value is -4.18. The highest BCUT2D eigenvalue weighted by Crippen LogP contribution is 2.34. The van der Waals surface area contributed by atoms with E-state index in [0.29, 0.717) is 30.4 Å². The van der Waals surface area contributed by atoms with Crippen molar-refractivity contribution in [1.82, 2.24) is 14.9 Å². The highest BCUT2D eigenvalue weighted by molar-refractivity contribution is 6.08. The first kappa shape index (κ1) is 26.4. The number of halogens is 3. The van der Waals surface area contributed by atoms with Crippen molar-refractivity contribution in [2.24, 2.45) is 0 Å². The van der Waals surface area contributed by atoms with Gasteiger partial charge >= 0.3 is 6.18 Å². The molecule has 1 aliphatic rings. The van der Waals surface area contributed by atoms with Crippen molar-refractivity contribution in [2.45, 2.75) is 13.1 Å². The molecule has 1 fully saturated rings. The standard InChI is InChI=1S/C29H29F3N6O/c1-18-4-7-22(16-23(18)19-5-8-25-20(14-19)17-34-28(33-2)36-25)35-27(39)24-15-21(29(30,31)32)6-9-26(24)38-12-10-37(3)11-13-38/h4-9,14-17H,10-13H2,1-3H3,(H,35,39)(H,33,34,36). The van der Waals surface area contributed by atoms with Crippen LogP contribution < -0.4 is 15.5 Å². The fourth-order valence-corrected chi connectivity index (χ4v) is 4.75. The maximum Gasteiger partial charge on any atom is 0.416 e. The monoisotopic (exact) mass is 534 g/mol. The highest BCUT2D eigenvalue weighted by atomic mass is 19.4. The Kier molecular flexibility index (Phi) is 7.14. The van der Waals surface area contributed by atoms with Crippen LogP contribution in [0, 0.1) is 6.92 Å². The van der Waals surface area contributed by atoms with Crippen molar-refractivity contribution in [3.8, 4) is 11.1 Å². The lowest BCUT2D eigenvalue weighted by Gasteiger charge is -2.35. The number of likely N-dealkylation sites (N-methyl/N-ethyl adjacent to an activating group) is 1. The number of benzene rings is 3. The molecule has 7 nitrogen and oxygen atoms in total. The number of amides is 1. The van der Waals surface area contributed by atoms with Crippen LogP contribution in [-0.2, 0) is 6.18 Å². The van der Waals surface area contributed by atoms with Crippen molar-refractivity contribution >= 4 is 34.1 Å². The molecule has 0 unspecified atom stereocenters. The van der Waals surface area contributed by atoms with Crippen molar-refractivity contribution in [2.75, 3.05) is 55.8 Å². The average Bonchev–Trinajstić information content (AvgIpc) is 2.93. The molecule has 0 bridgehead atoms. The molecule has 0 saturated carbocycles. The number of hydrogen-bond donors (Lipinski definition) is 2. The van der Waals surface area contributed by atoms with Gasteiger partial charge < -0.3 is 20.4 Å². The van der Waals surface area contributed by atoms with E-state index in [-0.39, 0.29) is 5.56 Å². The maximum atomic E-state index is 13.6. The fourth-order valence-electron chi connectivity index (χ4n) is 4.75. The van der Waals surface area contributed by atoms with Crippen molar-refractivity contribution in [3.05, 3.63) is 77.5 Å². The molecule has 39 heavy (non-hydrogen) atoms. The molecular formula is C29H29F3N6O. The summed E-state index contributed by atoms with van der Waals surface area (Å²) in [6.07, 6.45) is -2.81. The second-order valence-corrected chi connectivity index (χ2v) is 9.72. The maximum absolute atomic E-state index is 13.6. The molecule has 4 aromatic rings. The first-order valence-electron chi connectivity index (χ1n) is 12.6. The largest absolute Gasteiger partial charge is 0.416 e. The van der Waals surface area contributed by atoms with E-state index in [4.69, 9.17) is 0 Å². The van der Waals surface area contributed by atoms with Crippen LogP contribution in [0.1, 0.15) is 21.5 Å². The lowest BCUT2D eigenvalue weighted by molar-refractivity contribution is -0.137. The second-order valence-electron chi connectivity index (χ2n) is 9.72. The van der Waals surface area contributed by atoms with E-state index in [1.54, 1.807) is 19.3 Å². The van der Waals surface area contributed by atoms with Gasteiger partial charge in [-0.15, -0.1) is 0 Å². The molecule has 1 saturated heterocycles. The number of nitrogens with one attached hydrogen (secondary N) is 2. The van der Waals surface area contributed by atoms with Gasteiger partial charge in [-0.1, -0.05) is 12.1 Å². The molecule has 3 aromatic carbocycles. The van der Waals surface area contributed by atoms with Gasteiger partial charge in [-0.05, 0) is 73.1 Å². The predicted octanol–water partition coefficient (Wildman–Crippen LogP) is 5.67. The number of fused-ring (bicyclic) bond motifs is 1. The molecular weight excluding hydrogens is 505 g/mol. The van der Waals surface area contributed by atoms with Gasteiger partial charge in [0.2, 0.25) is 5.95 Å². The summed E-state index contributed by atoms with van der Waals surface area (Å²) in [6, 6.07) is 14.7. The average molecular weight is 535 g/mol. The van der Waals surface area contributed by atoms with Gasteiger partial charge in [-0.2, -0.15) is 13.2 Å². The van der Waals surface area contributed by atoms with Crippen LogP contribution in [0.4, 0.5) is 30.5 Å². The quantitative estimate of drug-likeness (QED) is 0.344. The molecule has 0 radical (unpaired) electrons. The van der Waals surface area contributed by atoms with Gasteiger partial charge in [0.15, 0.2) is 0 Å². The van der Waals surface area contributed by atoms with Gasteiger partial charge in [-0.3, -0.25) is 4.79 Å². The number of aryl methyl sites for hydroxylation is 1. The van der Waals surface area contributed by atoms with E-state index in [0.717, 1.165) is 52.8 Å². The van der Waals surface area contributed by atoms with Gasteiger partial charge in [0.05, 0.1) is 16.6 Å². The molecule has 202 valence electrons. The molecule has 2 heterocycles. The van der Waals surface area contributed by atoms with E-state index in [2.05, 4.69) is 25.5 Å². The van der Waals surface area contributed by atoms with E-state index in [9.17, 15) is 18.0 Å². The normalized spacial score (nSPS) is 14.5. The summed E-state index contributed by atoms with van der Waals surface area (Å²) in [5.74, 6) is -0.0574. The predicted molar refractivity (Wildman–Crippen MR) is 148 cm³/mol. The number of carbonyl (C=O) groups excluding carboxylic acids is 1. The Labute approximate surface area is 224 Å². The fraction of sp³-hybridized carbons (Fsp3) is 0.276. The van der Waals surface area contributed by atoms with Crippen LogP contribution in [0.25, 0.3) is 22.0 Å². The lowest BCUT2D eigenvalue weighted by atomic mass is 9.98. The minimum Gasteiger partial charge on any atom is -0.368 e. The smallest absolute Gasteiger partial charge is 0.368 e. The molecule has 0 aliphatic carbocycles. The van der Waals surface area contributed by atoms with Crippen molar-refractivity contribution in [1.29, 1.82) is 0 Å². The number of rotatable bonds is 5. The Morgan fingerprint density at radius 2 is 1.74 bits per heavy atom. The number of alkyl halides is 3. The summed E-state index contributed by atoms with van der Waals surface area (Å²) in [7, 11) is 3.75. The Morgan fingerprint density at radius 3 is 2.46 bits per heavy atom.